The van der Waals surface area contributed by atoms with Crippen LogP contribution in [0.15, 0.2) is 48.7 Å². The molecule has 2 aromatic rings. The first-order chi connectivity index (χ1) is 13.1. The number of hydrogen-bond donors (Lipinski definition) is 1. The van der Waals surface area contributed by atoms with Crippen LogP contribution in [0.1, 0.15) is 6.42 Å². The number of amides is 2. The average molecular weight is 385 g/mol. The molecule has 140 valence electrons. The number of hydrogen-bond acceptors (Lipinski definition) is 4. The van der Waals surface area contributed by atoms with Crippen LogP contribution in [-0.4, -0.2) is 47.9 Å². The van der Waals surface area contributed by atoms with E-state index in [1.54, 1.807) is 30.5 Å². The Kier molecular flexibility index (Phi) is 4.99. The second kappa shape index (κ2) is 7.56. The SMILES string of the molecule is O=C(Nc1ccc(Cl)cc1)C1CC1C(=O)N1CCN(c2ccccn2)CC1. The third kappa shape index (κ3) is 4.06. The number of benzene rings is 1. The van der Waals surface area contributed by atoms with Gasteiger partial charge in [-0.05, 0) is 42.8 Å². The van der Waals surface area contributed by atoms with Crippen molar-refractivity contribution in [3.8, 4) is 0 Å². The van der Waals surface area contributed by atoms with Crippen molar-refractivity contribution in [3.63, 3.8) is 0 Å². The summed E-state index contributed by atoms with van der Waals surface area (Å²) in [6.45, 7) is 2.85. The van der Waals surface area contributed by atoms with Gasteiger partial charge in [0.05, 0.1) is 11.8 Å². The lowest BCUT2D eigenvalue weighted by Gasteiger charge is -2.35. The molecular formula is C20H21ClN4O2. The molecule has 2 amide bonds. The van der Waals surface area contributed by atoms with Crippen LogP contribution in [-0.2, 0) is 9.59 Å². The Hall–Kier alpha value is -2.60. The number of nitrogens with one attached hydrogen (secondary N) is 1. The van der Waals surface area contributed by atoms with Gasteiger partial charge in [0.25, 0.3) is 0 Å². The summed E-state index contributed by atoms with van der Waals surface area (Å²) >= 11 is 5.85. The Bertz CT molecular complexity index is 820. The number of pyridine rings is 1. The lowest BCUT2D eigenvalue weighted by atomic mass is 10.2. The molecule has 2 atom stereocenters. The van der Waals surface area contributed by atoms with Crippen LogP contribution in [0.2, 0.25) is 5.02 Å². The molecule has 1 N–H and O–H groups in total. The van der Waals surface area contributed by atoms with Crippen LogP contribution in [0.4, 0.5) is 11.5 Å². The highest BCUT2D eigenvalue weighted by Gasteiger charge is 2.49. The molecule has 27 heavy (non-hydrogen) atoms. The van der Waals surface area contributed by atoms with Gasteiger partial charge in [-0.15, -0.1) is 0 Å². The van der Waals surface area contributed by atoms with Crippen molar-refractivity contribution >= 4 is 34.9 Å². The summed E-state index contributed by atoms with van der Waals surface area (Å²) in [6.07, 6.45) is 2.40. The highest BCUT2D eigenvalue weighted by molar-refractivity contribution is 6.30. The molecule has 1 aliphatic heterocycles. The van der Waals surface area contributed by atoms with Crippen LogP contribution >= 0.6 is 11.6 Å². The Morgan fingerprint density at radius 2 is 1.74 bits per heavy atom. The van der Waals surface area contributed by atoms with E-state index in [9.17, 15) is 9.59 Å². The van der Waals surface area contributed by atoms with Gasteiger partial charge in [-0.3, -0.25) is 9.59 Å². The maximum absolute atomic E-state index is 12.7. The minimum Gasteiger partial charge on any atom is -0.353 e. The van der Waals surface area contributed by atoms with Crippen molar-refractivity contribution in [2.24, 2.45) is 11.8 Å². The molecule has 1 aromatic carbocycles. The molecule has 2 unspecified atom stereocenters. The standard InChI is InChI=1S/C20H21ClN4O2/c21-14-4-6-15(7-5-14)23-19(26)16-13-17(16)20(27)25-11-9-24(10-12-25)18-3-1-2-8-22-18/h1-8,16-17H,9-13H2,(H,23,26). The van der Waals surface area contributed by atoms with E-state index < -0.39 is 0 Å². The highest BCUT2D eigenvalue weighted by Crippen LogP contribution is 2.41. The normalized spacial score (nSPS) is 21.7. The van der Waals surface area contributed by atoms with E-state index in [4.69, 9.17) is 11.6 Å². The monoisotopic (exact) mass is 384 g/mol. The van der Waals surface area contributed by atoms with Gasteiger partial charge in [0, 0.05) is 43.1 Å². The van der Waals surface area contributed by atoms with Crippen LogP contribution in [0.5, 0.6) is 0 Å². The summed E-state index contributed by atoms with van der Waals surface area (Å²) < 4.78 is 0. The predicted molar refractivity (Wildman–Crippen MR) is 105 cm³/mol. The maximum Gasteiger partial charge on any atom is 0.228 e. The third-order valence-electron chi connectivity index (χ3n) is 5.12. The zero-order chi connectivity index (χ0) is 18.8. The van der Waals surface area contributed by atoms with Gasteiger partial charge < -0.3 is 15.1 Å². The van der Waals surface area contributed by atoms with Gasteiger partial charge in [-0.2, -0.15) is 0 Å². The summed E-state index contributed by atoms with van der Waals surface area (Å²) in [7, 11) is 0. The number of nitrogens with zero attached hydrogens (tertiary/aromatic N) is 3. The first kappa shape index (κ1) is 17.8. The fourth-order valence-electron chi connectivity index (χ4n) is 3.46. The van der Waals surface area contributed by atoms with E-state index in [2.05, 4.69) is 15.2 Å². The summed E-state index contributed by atoms with van der Waals surface area (Å²) in [4.78, 5) is 33.5. The van der Waals surface area contributed by atoms with Crippen LogP contribution in [0.25, 0.3) is 0 Å². The van der Waals surface area contributed by atoms with Gasteiger partial charge >= 0.3 is 0 Å². The number of rotatable bonds is 4. The Labute approximate surface area is 163 Å². The molecule has 6 nitrogen and oxygen atoms in total. The van der Waals surface area contributed by atoms with Crippen LogP contribution in [0.3, 0.4) is 0 Å². The molecule has 7 heteroatoms. The van der Waals surface area contributed by atoms with E-state index >= 15 is 0 Å². The highest BCUT2D eigenvalue weighted by atomic mass is 35.5. The average Bonchev–Trinajstić information content (AvgIpc) is 3.51. The van der Waals surface area contributed by atoms with Gasteiger partial charge in [0.15, 0.2) is 0 Å². The van der Waals surface area contributed by atoms with E-state index in [1.807, 2.05) is 23.1 Å². The van der Waals surface area contributed by atoms with E-state index in [-0.39, 0.29) is 23.7 Å². The number of anilines is 2. The van der Waals surface area contributed by atoms with Crippen molar-refractivity contribution in [1.82, 2.24) is 9.88 Å². The molecule has 0 spiro atoms. The molecule has 0 bridgehead atoms. The zero-order valence-corrected chi connectivity index (χ0v) is 15.6. The molecule has 4 rings (SSSR count). The minimum atomic E-state index is -0.234. The Morgan fingerprint density at radius 3 is 2.41 bits per heavy atom. The van der Waals surface area contributed by atoms with Gasteiger partial charge in [0.2, 0.25) is 11.8 Å². The van der Waals surface area contributed by atoms with Crippen molar-refractivity contribution in [2.45, 2.75) is 6.42 Å². The first-order valence-electron chi connectivity index (χ1n) is 9.13. The van der Waals surface area contributed by atoms with Crippen LogP contribution in [0, 0.1) is 11.8 Å². The topological polar surface area (TPSA) is 65.5 Å². The molecule has 0 radical (unpaired) electrons. The number of carbonyl (C=O) groups excluding carboxylic acids is 2. The largest absolute Gasteiger partial charge is 0.353 e. The number of halogens is 1. The molecule has 2 aliphatic rings. The molecule has 1 aliphatic carbocycles. The fourth-order valence-corrected chi connectivity index (χ4v) is 3.58. The molecule has 1 saturated heterocycles. The Balaban J connectivity index is 1.27. The predicted octanol–water partition coefficient (Wildman–Crippen LogP) is 2.66. The smallest absolute Gasteiger partial charge is 0.228 e. The third-order valence-corrected chi connectivity index (χ3v) is 5.37. The summed E-state index contributed by atoms with van der Waals surface area (Å²) in [5.74, 6) is 0.506. The summed E-state index contributed by atoms with van der Waals surface area (Å²) in [5, 5.41) is 3.49. The zero-order valence-electron chi connectivity index (χ0n) is 14.8. The number of aromatic nitrogens is 1. The van der Waals surface area contributed by atoms with E-state index in [0.29, 0.717) is 30.2 Å². The van der Waals surface area contributed by atoms with Crippen molar-refractivity contribution in [1.29, 1.82) is 0 Å². The van der Waals surface area contributed by atoms with Crippen molar-refractivity contribution < 1.29 is 9.59 Å². The Morgan fingerprint density at radius 1 is 1.00 bits per heavy atom. The number of piperazine rings is 1. The molecule has 1 saturated carbocycles. The fraction of sp³-hybridized carbons (Fsp3) is 0.350. The van der Waals surface area contributed by atoms with Gasteiger partial charge in [0.1, 0.15) is 5.82 Å². The second-order valence-electron chi connectivity index (χ2n) is 6.95. The summed E-state index contributed by atoms with van der Waals surface area (Å²) in [5.41, 5.74) is 0.700. The molecule has 1 aromatic heterocycles. The molecular weight excluding hydrogens is 364 g/mol. The van der Waals surface area contributed by atoms with Gasteiger partial charge in [-0.25, -0.2) is 4.98 Å². The van der Waals surface area contributed by atoms with Gasteiger partial charge in [-0.1, -0.05) is 17.7 Å². The second-order valence-corrected chi connectivity index (χ2v) is 7.38. The van der Waals surface area contributed by atoms with E-state index in [1.165, 1.54) is 0 Å². The summed E-state index contributed by atoms with van der Waals surface area (Å²) in [6, 6.07) is 12.8. The van der Waals surface area contributed by atoms with Crippen molar-refractivity contribution in [3.05, 3.63) is 53.7 Å². The quantitative estimate of drug-likeness (QED) is 0.880. The lowest BCUT2D eigenvalue weighted by molar-refractivity contribution is -0.134. The van der Waals surface area contributed by atoms with Crippen LogP contribution < -0.4 is 10.2 Å². The number of carbonyl (C=O) groups is 2. The lowest BCUT2D eigenvalue weighted by Crippen LogP contribution is -2.49. The molecule has 2 heterocycles. The molecule has 2 fully saturated rings. The minimum absolute atomic E-state index is 0.0897. The van der Waals surface area contributed by atoms with E-state index in [0.717, 1.165) is 18.9 Å². The first-order valence-corrected chi connectivity index (χ1v) is 9.51. The van der Waals surface area contributed by atoms with Crippen molar-refractivity contribution in [2.75, 3.05) is 36.4 Å². The maximum atomic E-state index is 12.7.